The Labute approximate surface area is 121 Å². The van der Waals surface area contributed by atoms with Crippen LogP contribution < -0.4 is 5.32 Å². The third-order valence-corrected chi connectivity index (χ3v) is 2.95. The summed E-state index contributed by atoms with van der Waals surface area (Å²) in [4.78, 5) is 8.20. The van der Waals surface area contributed by atoms with E-state index in [1.54, 1.807) is 23.3 Å². The molecule has 2 aromatic heterocycles. The first kappa shape index (κ1) is 12.8. The van der Waals surface area contributed by atoms with Crippen molar-refractivity contribution in [2.45, 2.75) is 6.54 Å². The zero-order valence-electron chi connectivity index (χ0n) is 11.1. The molecule has 3 aromatic rings. The number of nitrogens with zero attached hydrogens (tertiary/aromatic N) is 5. The number of benzene rings is 1. The van der Waals surface area contributed by atoms with Crippen LogP contribution >= 0.6 is 0 Å². The lowest BCUT2D eigenvalue weighted by Crippen LogP contribution is -2.02. The SMILES string of the molecule is N#Cc1cccc(CNc2ccc(-n3cncn3)nc2)c1. The van der Waals surface area contributed by atoms with Crippen molar-refractivity contribution in [3.05, 3.63) is 66.4 Å². The molecule has 0 bridgehead atoms. The molecule has 6 nitrogen and oxygen atoms in total. The summed E-state index contributed by atoms with van der Waals surface area (Å²) in [6, 6.07) is 13.4. The van der Waals surface area contributed by atoms with Gasteiger partial charge in [-0.1, -0.05) is 12.1 Å². The molecule has 0 saturated carbocycles. The summed E-state index contributed by atoms with van der Waals surface area (Å²) in [6.07, 6.45) is 4.81. The molecule has 0 atom stereocenters. The average Bonchev–Trinajstić information content (AvgIpc) is 3.08. The van der Waals surface area contributed by atoms with Crippen molar-refractivity contribution in [1.82, 2.24) is 19.7 Å². The van der Waals surface area contributed by atoms with Crippen LogP contribution in [0.25, 0.3) is 5.82 Å². The van der Waals surface area contributed by atoms with Crippen LogP contribution in [0.4, 0.5) is 5.69 Å². The second-order valence-corrected chi connectivity index (χ2v) is 4.41. The third kappa shape index (κ3) is 3.04. The third-order valence-electron chi connectivity index (χ3n) is 2.95. The van der Waals surface area contributed by atoms with E-state index in [1.165, 1.54) is 6.33 Å². The molecule has 0 radical (unpaired) electrons. The molecule has 2 heterocycles. The Morgan fingerprint density at radius 2 is 2.19 bits per heavy atom. The summed E-state index contributed by atoms with van der Waals surface area (Å²) >= 11 is 0. The molecule has 0 aliphatic heterocycles. The topological polar surface area (TPSA) is 79.4 Å². The smallest absolute Gasteiger partial charge is 0.155 e. The molecule has 1 N–H and O–H groups in total. The van der Waals surface area contributed by atoms with Crippen LogP contribution in [-0.2, 0) is 6.54 Å². The van der Waals surface area contributed by atoms with Crippen molar-refractivity contribution >= 4 is 5.69 Å². The quantitative estimate of drug-likeness (QED) is 0.789. The highest BCUT2D eigenvalue weighted by Crippen LogP contribution is 2.11. The van der Waals surface area contributed by atoms with Gasteiger partial charge in [0.1, 0.15) is 12.7 Å². The van der Waals surface area contributed by atoms with Crippen LogP contribution in [0.5, 0.6) is 0 Å². The minimum Gasteiger partial charge on any atom is -0.380 e. The van der Waals surface area contributed by atoms with Gasteiger partial charge in [-0.15, -0.1) is 0 Å². The summed E-state index contributed by atoms with van der Waals surface area (Å²) < 4.78 is 1.60. The predicted molar refractivity (Wildman–Crippen MR) is 77.6 cm³/mol. The summed E-state index contributed by atoms with van der Waals surface area (Å²) in [5, 5.41) is 16.2. The van der Waals surface area contributed by atoms with Gasteiger partial charge in [0.05, 0.1) is 23.5 Å². The van der Waals surface area contributed by atoms with E-state index in [0.29, 0.717) is 17.9 Å². The Kier molecular flexibility index (Phi) is 3.56. The van der Waals surface area contributed by atoms with Gasteiger partial charge in [-0.25, -0.2) is 14.6 Å². The zero-order valence-corrected chi connectivity index (χ0v) is 11.1. The fraction of sp³-hybridized carbons (Fsp3) is 0.0667. The Hall–Kier alpha value is -3.20. The highest BCUT2D eigenvalue weighted by molar-refractivity contribution is 5.44. The van der Waals surface area contributed by atoms with E-state index in [4.69, 9.17) is 5.26 Å². The van der Waals surface area contributed by atoms with Gasteiger partial charge < -0.3 is 5.32 Å². The molecule has 21 heavy (non-hydrogen) atoms. The van der Waals surface area contributed by atoms with E-state index in [2.05, 4.69) is 26.5 Å². The molecule has 0 amide bonds. The summed E-state index contributed by atoms with van der Waals surface area (Å²) in [5.41, 5.74) is 2.62. The van der Waals surface area contributed by atoms with E-state index in [9.17, 15) is 0 Å². The maximum Gasteiger partial charge on any atom is 0.155 e. The molecule has 0 aliphatic carbocycles. The standard InChI is InChI=1S/C15H12N6/c16-7-12-2-1-3-13(6-12)8-18-14-4-5-15(19-9-14)21-11-17-10-20-21/h1-6,9-11,18H,8H2. The number of hydrogen-bond acceptors (Lipinski definition) is 5. The fourth-order valence-electron chi connectivity index (χ4n) is 1.91. The maximum atomic E-state index is 8.87. The molecule has 102 valence electrons. The van der Waals surface area contributed by atoms with E-state index in [-0.39, 0.29) is 0 Å². The van der Waals surface area contributed by atoms with E-state index in [0.717, 1.165) is 11.3 Å². The molecular formula is C15H12N6. The molecule has 0 unspecified atom stereocenters. The Morgan fingerprint density at radius 3 is 2.90 bits per heavy atom. The minimum atomic E-state index is 0.639. The van der Waals surface area contributed by atoms with Gasteiger partial charge in [0, 0.05) is 6.54 Å². The molecule has 1 aromatic carbocycles. The molecule has 3 rings (SSSR count). The van der Waals surface area contributed by atoms with Gasteiger partial charge in [-0.2, -0.15) is 10.4 Å². The van der Waals surface area contributed by atoms with Gasteiger partial charge >= 0.3 is 0 Å². The van der Waals surface area contributed by atoms with Crippen molar-refractivity contribution in [3.63, 3.8) is 0 Å². The molecule has 0 aliphatic rings. The lowest BCUT2D eigenvalue weighted by Gasteiger charge is -2.07. The average molecular weight is 276 g/mol. The van der Waals surface area contributed by atoms with Gasteiger partial charge in [-0.3, -0.25) is 0 Å². The molecule has 0 saturated heterocycles. The summed E-state index contributed by atoms with van der Waals surface area (Å²) in [7, 11) is 0. The van der Waals surface area contributed by atoms with Crippen LogP contribution in [0.1, 0.15) is 11.1 Å². The Morgan fingerprint density at radius 1 is 1.24 bits per heavy atom. The molecule has 0 spiro atoms. The number of nitriles is 1. The number of rotatable bonds is 4. The van der Waals surface area contributed by atoms with E-state index >= 15 is 0 Å². The summed E-state index contributed by atoms with van der Waals surface area (Å²) in [6.45, 7) is 0.639. The molecule has 6 heteroatoms. The second-order valence-electron chi connectivity index (χ2n) is 4.41. The minimum absolute atomic E-state index is 0.639. The van der Waals surface area contributed by atoms with Gasteiger partial charge in [0.2, 0.25) is 0 Å². The number of anilines is 1. The zero-order chi connectivity index (χ0) is 14.5. The first-order valence-corrected chi connectivity index (χ1v) is 6.39. The number of pyridine rings is 1. The van der Waals surface area contributed by atoms with Crippen molar-refractivity contribution in [2.75, 3.05) is 5.32 Å². The first-order chi connectivity index (χ1) is 10.3. The largest absolute Gasteiger partial charge is 0.380 e. The normalized spacial score (nSPS) is 10.0. The van der Waals surface area contributed by atoms with Crippen LogP contribution in [-0.4, -0.2) is 19.7 Å². The first-order valence-electron chi connectivity index (χ1n) is 6.39. The van der Waals surface area contributed by atoms with E-state index in [1.807, 2.05) is 30.3 Å². The lowest BCUT2D eigenvalue weighted by molar-refractivity contribution is 0.845. The molecular weight excluding hydrogens is 264 g/mol. The van der Waals surface area contributed by atoms with Crippen LogP contribution in [0, 0.1) is 11.3 Å². The Bertz CT molecular complexity index is 756. The van der Waals surface area contributed by atoms with Crippen molar-refractivity contribution in [3.8, 4) is 11.9 Å². The number of hydrogen-bond donors (Lipinski definition) is 1. The van der Waals surface area contributed by atoms with Gasteiger partial charge in [0.15, 0.2) is 5.82 Å². The van der Waals surface area contributed by atoms with Crippen molar-refractivity contribution in [2.24, 2.45) is 0 Å². The van der Waals surface area contributed by atoms with Gasteiger partial charge in [-0.05, 0) is 29.8 Å². The Balaban J connectivity index is 1.67. The van der Waals surface area contributed by atoms with Crippen LogP contribution in [0.2, 0.25) is 0 Å². The molecule has 0 fully saturated rings. The van der Waals surface area contributed by atoms with Gasteiger partial charge in [0.25, 0.3) is 0 Å². The maximum absolute atomic E-state index is 8.87. The number of aromatic nitrogens is 4. The second kappa shape index (κ2) is 5.84. The van der Waals surface area contributed by atoms with Crippen molar-refractivity contribution < 1.29 is 0 Å². The van der Waals surface area contributed by atoms with E-state index < -0.39 is 0 Å². The fourth-order valence-corrected chi connectivity index (χ4v) is 1.91. The van der Waals surface area contributed by atoms with Crippen molar-refractivity contribution in [1.29, 1.82) is 5.26 Å². The monoisotopic (exact) mass is 276 g/mol. The predicted octanol–water partition coefficient (Wildman–Crippen LogP) is 2.15. The lowest BCUT2D eigenvalue weighted by atomic mass is 10.1. The summed E-state index contributed by atoms with van der Waals surface area (Å²) in [5.74, 6) is 0.713. The number of nitrogens with one attached hydrogen (secondary N) is 1. The van der Waals surface area contributed by atoms with Crippen LogP contribution in [0.3, 0.4) is 0 Å². The van der Waals surface area contributed by atoms with Crippen LogP contribution in [0.15, 0.2) is 55.2 Å². The highest BCUT2D eigenvalue weighted by Gasteiger charge is 2.00. The highest BCUT2D eigenvalue weighted by atomic mass is 15.3.